The number of anilines is 1. The van der Waals surface area contributed by atoms with Gasteiger partial charge in [0.1, 0.15) is 5.69 Å². The molecule has 1 saturated heterocycles. The monoisotopic (exact) mass is 416 g/mol. The molecular weight excluding hydrogens is 392 g/mol. The van der Waals surface area contributed by atoms with Crippen molar-refractivity contribution >= 4 is 28.9 Å². The first-order chi connectivity index (χ1) is 13.8. The summed E-state index contributed by atoms with van der Waals surface area (Å²) in [6, 6.07) is 12.8. The fourth-order valence-corrected chi connectivity index (χ4v) is 3.90. The third-order valence-corrected chi connectivity index (χ3v) is 5.65. The summed E-state index contributed by atoms with van der Waals surface area (Å²) in [5, 5.41) is 14.7. The number of piperazine rings is 1. The van der Waals surface area contributed by atoms with Crippen molar-refractivity contribution in [1.29, 1.82) is 0 Å². The quantitative estimate of drug-likeness (QED) is 0.571. The largest absolute Gasteiger partial charge is 0.319 e. The van der Waals surface area contributed by atoms with Gasteiger partial charge < -0.3 is 5.32 Å². The van der Waals surface area contributed by atoms with Crippen molar-refractivity contribution in [3.05, 3.63) is 68.7 Å². The number of nitrogens with one attached hydrogen (secondary N) is 1. The molecule has 1 atom stereocenters. The highest BCUT2D eigenvalue weighted by atomic mass is 35.5. The Kier molecular flexibility index (Phi) is 6.84. The van der Waals surface area contributed by atoms with Crippen LogP contribution in [0.5, 0.6) is 0 Å². The molecular formula is C21H25ClN4O3. The lowest BCUT2D eigenvalue weighted by Gasteiger charge is -2.38. The summed E-state index contributed by atoms with van der Waals surface area (Å²) in [4.78, 5) is 27.6. The molecule has 0 radical (unpaired) electrons. The number of aryl methyl sites for hydroxylation is 1. The summed E-state index contributed by atoms with van der Waals surface area (Å²) in [5.74, 6) is -0.246. The number of nitrogens with zero attached hydrogens (tertiary/aromatic N) is 3. The number of carbonyl (C=O) groups is 1. The van der Waals surface area contributed by atoms with E-state index in [4.69, 9.17) is 11.6 Å². The van der Waals surface area contributed by atoms with Crippen LogP contribution < -0.4 is 5.32 Å². The third kappa shape index (κ3) is 5.32. The van der Waals surface area contributed by atoms with Crippen LogP contribution in [0, 0.1) is 17.0 Å². The molecule has 1 fully saturated rings. The van der Waals surface area contributed by atoms with Gasteiger partial charge in [-0.3, -0.25) is 24.7 Å². The predicted octanol–water partition coefficient (Wildman–Crippen LogP) is 3.87. The van der Waals surface area contributed by atoms with Gasteiger partial charge in [0, 0.05) is 43.3 Å². The Hall–Kier alpha value is -2.48. The Morgan fingerprint density at radius 1 is 1.21 bits per heavy atom. The maximum atomic E-state index is 12.4. The first-order valence-electron chi connectivity index (χ1n) is 9.61. The summed E-state index contributed by atoms with van der Waals surface area (Å²) in [6.07, 6.45) is 0. The number of nitro groups is 1. The van der Waals surface area contributed by atoms with Gasteiger partial charge in [0.05, 0.1) is 11.5 Å². The average molecular weight is 417 g/mol. The number of halogens is 1. The zero-order valence-electron chi connectivity index (χ0n) is 16.6. The van der Waals surface area contributed by atoms with Crippen LogP contribution in [0.4, 0.5) is 11.4 Å². The second-order valence-corrected chi connectivity index (χ2v) is 7.74. The Balaban J connectivity index is 1.54. The molecule has 1 heterocycles. The van der Waals surface area contributed by atoms with E-state index in [1.807, 2.05) is 24.3 Å². The number of rotatable bonds is 6. The molecule has 1 aliphatic rings. The second kappa shape index (κ2) is 9.35. The third-order valence-electron chi connectivity index (χ3n) is 5.30. The van der Waals surface area contributed by atoms with Gasteiger partial charge in [0.2, 0.25) is 5.91 Å². The average Bonchev–Trinajstić information content (AvgIpc) is 2.69. The minimum absolute atomic E-state index is 0.0864. The highest BCUT2D eigenvalue weighted by Gasteiger charge is 2.25. The maximum absolute atomic E-state index is 12.4. The van der Waals surface area contributed by atoms with E-state index in [2.05, 4.69) is 22.0 Å². The molecule has 0 aliphatic carbocycles. The minimum atomic E-state index is -0.475. The van der Waals surface area contributed by atoms with E-state index < -0.39 is 4.92 Å². The molecule has 2 aromatic rings. The van der Waals surface area contributed by atoms with E-state index in [0.717, 1.165) is 42.3 Å². The summed E-state index contributed by atoms with van der Waals surface area (Å²) < 4.78 is 0. The molecule has 1 N–H and O–H groups in total. The normalized spacial score (nSPS) is 16.4. The van der Waals surface area contributed by atoms with Crippen molar-refractivity contribution in [2.45, 2.75) is 19.9 Å². The highest BCUT2D eigenvalue weighted by Crippen LogP contribution is 2.28. The fraction of sp³-hybridized carbons (Fsp3) is 0.381. The zero-order valence-corrected chi connectivity index (χ0v) is 17.4. The van der Waals surface area contributed by atoms with Crippen molar-refractivity contribution in [2.75, 3.05) is 38.0 Å². The van der Waals surface area contributed by atoms with Gasteiger partial charge in [-0.15, -0.1) is 0 Å². The molecule has 1 aliphatic heterocycles. The van der Waals surface area contributed by atoms with Crippen molar-refractivity contribution in [3.8, 4) is 0 Å². The van der Waals surface area contributed by atoms with Crippen LogP contribution >= 0.6 is 11.6 Å². The summed E-state index contributed by atoms with van der Waals surface area (Å²) in [5.41, 5.74) is 2.03. The van der Waals surface area contributed by atoms with Crippen LogP contribution in [-0.2, 0) is 4.79 Å². The first-order valence-corrected chi connectivity index (χ1v) is 9.98. The Morgan fingerprint density at radius 2 is 1.90 bits per heavy atom. The molecule has 1 amide bonds. The highest BCUT2D eigenvalue weighted by molar-refractivity contribution is 6.31. The van der Waals surface area contributed by atoms with E-state index in [0.29, 0.717) is 0 Å². The van der Waals surface area contributed by atoms with Gasteiger partial charge in [0.25, 0.3) is 5.69 Å². The number of hydrogen-bond donors (Lipinski definition) is 1. The molecule has 154 valence electrons. The maximum Gasteiger partial charge on any atom is 0.293 e. The summed E-state index contributed by atoms with van der Waals surface area (Å²) in [6.45, 7) is 7.27. The van der Waals surface area contributed by atoms with E-state index in [1.54, 1.807) is 19.1 Å². The van der Waals surface area contributed by atoms with Crippen LogP contribution in [-0.4, -0.2) is 53.4 Å². The number of hydrogen-bond acceptors (Lipinski definition) is 5. The van der Waals surface area contributed by atoms with Gasteiger partial charge in [-0.05, 0) is 37.1 Å². The number of nitro benzene ring substituents is 1. The Labute approximate surface area is 175 Å². The van der Waals surface area contributed by atoms with Crippen LogP contribution in [0.2, 0.25) is 5.02 Å². The molecule has 2 aromatic carbocycles. The second-order valence-electron chi connectivity index (χ2n) is 7.34. The van der Waals surface area contributed by atoms with E-state index in [9.17, 15) is 14.9 Å². The number of carbonyl (C=O) groups excluding carboxylic acids is 1. The molecule has 0 aromatic heterocycles. The van der Waals surface area contributed by atoms with Crippen molar-refractivity contribution in [2.24, 2.45) is 0 Å². The standard InChI is InChI=1S/C21H25ClN4O3/c1-15-7-8-19(20(13-15)26(28)29)23-21(27)14-24-9-11-25(12-10-24)16(2)17-5-3-4-6-18(17)22/h3-8,13,16H,9-12,14H2,1-2H3,(H,23,27). The van der Waals surface area contributed by atoms with Gasteiger partial charge in [-0.1, -0.05) is 35.9 Å². The zero-order chi connectivity index (χ0) is 21.0. The van der Waals surface area contributed by atoms with Crippen molar-refractivity contribution < 1.29 is 9.72 Å². The minimum Gasteiger partial charge on any atom is -0.319 e. The molecule has 8 heteroatoms. The number of benzene rings is 2. The molecule has 0 saturated carbocycles. The van der Waals surface area contributed by atoms with E-state index in [-0.39, 0.29) is 29.9 Å². The van der Waals surface area contributed by atoms with Crippen molar-refractivity contribution in [1.82, 2.24) is 9.80 Å². The van der Waals surface area contributed by atoms with Crippen LogP contribution in [0.25, 0.3) is 0 Å². The fourth-order valence-electron chi connectivity index (χ4n) is 3.61. The summed E-state index contributed by atoms with van der Waals surface area (Å²) in [7, 11) is 0. The Bertz CT molecular complexity index is 897. The molecule has 29 heavy (non-hydrogen) atoms. The molecule has 3 rings (SSSR count). The van der Waals surface area contributed by atoms with Gasteiger partial charge in [0.15, 0.2) is 0 Å². The molecule has 0 spiro atoms. The van der Waals surface area contributed by atoms with Gasteiger partial charge in [-0.2, -0.15) is 0 Å². The van der Waals surface area contributed by atoms with Gasteiger partial charge >= 0.3 is 0 Å². The lowest BCUT2D eigenvalue weighted by Crippen LogP contribution is -2.49. The summed E-state index contributed by atoms with van der Waals surface area (Å²) >= 11 is 6.32. The lowest BCUT2D eigenvalue weighted by molar-refractivity contribution is -0.384. The van der Waals surface area contributed by atoms with Crippen LogP contribution in [0.3, 0.4) is 0 Å². The van der Waals surface area contributed by atoms with Crippen LogP contribution in [0.15, 0.2) is 42.5 Å². The predicted molar refractivity (Wildman–Crippen MR) is 114 cm³/mol. The number of amides is 1. The molecule has 7 nitrogen and oxygen atoms in total. The van der Waals surface area contributed by atoms with Gasteiger partial charge in [-0.25, -0.2) is 0 Å². The molecule has 0 bridgehead atoms. The topological polar surface area (TPSA) is 78.7 Å². The van der Waals surface area contributed by atoms with E-state index >= 15 is 0 Å². The van der Waals surface area contributed by atoms with Crippen LogP contribution in [0.1, 0.15) is 24.1 Å². The van der Waals surface area contributed by atoms with Crippen molar-refractivity contribution in [3.63, 3.8) is 0 Å². The Morgan fingerprint density at radius 3 is 2.55 bits per heavy atom. The van der Waals surface area contributed by atoms with E-state index in [1.165, 1.54) is 6.07 Å². The smallest absolute Gasteiger partial charge is 0.293 e. The first kappa shape index (κ1) is 21.2. The SMILES string of the molecule is Cc1ccc(NC(=O)CN2CCN(C(C)c3ccccc3Cl)CC2)c([N+](=O)[O-])c1. The molecule has 1 unspecified atom stereocenters. The lowest BCUT2D eigenvalue weighted by atomic mass is 10.1.